The van der Waals surface area contributed by atoms with Crippen molar-refractivity contribution in [2.45, 2.75) is 51.2 Å². The van der Waals surface area contributed by atoms with E-state index in [2.05, 4.69) is 27.1 Å². The summed E-state index contributed by atoms with van der Waals surface area (Å²) in [6.07, 6.45) is 4.88. The van der Waals surface area contributed by atoms with E-state index in [0.717, 1.165) is 42.8 Å². The first-order valence-electron chi connectivity index (χ1n) is 8.42. The number of carbonyl (C=O) groups is 1. The predicted octanol–water partition coefficient (Wildman–Crippen LogP) is 4.12. The number of carbonyl (C=O) groups excluding carboxylic acids is 1. The molecule has 0 saturated heterocycles. The Hall–Kier alpha value is -1.24. The first-order valence-corrected chi connectivity index (χ1v) is 10.2. The van der Waals surface area contributed by atoms with E-state index in [9.17, 15) is 4.79 Å². The van der Waals surface area contributed by atoms with Crippen LogP contribution in [0, 0.1) is 12.8 Å². The van der Waals surface area contributed by atoms with Crippen LogP contribution in [0.15, 0.2) is 22.2 Å². The Kier molecular flexibility index (Phi) is 6.03. The number of methoxy groups -OCH3 is 1. The number of nitrogens with zero attached hydrogens (tertiary/aromatic N) is 1. The first-order chi connectivity index (χ1) is 11.7. The van der Waals surface area contributed by atoms with Crippen LogP contribution in [0.5, 0.6) is 0 Å². The zero-order chi connectivity index (χ0) is 16.9. The number of thiazole rings is 1. The second-order valence-corrected chi connectivity index (χ2v) is 8.10. The normalized spacial score (nSPS) is 22.2. The lowest BCUT2D eigenvalue weighted by molar-refractivity contribution is -0.127. The monoisotopic (exact) mass is 364 g/mol. The van der Waals surface area contributed by atoms with Crippen molar-refractivity contribution in [2.24, 2.45) is 5.92 Å². The van der Waals surface area contributed by atoms with Crippen LogP contribution in [0.3, 0.4) is 0 Å². The quantitative estimate of drug-likeness (QED) is 0.839. The van der Waals surface area contributed by atoms with E-state index in [1.807, 2.05) is 12.3 Å². The highest BCUT2D eigenvalue weighted by atomic mass is 32.1. The lowest BCUT2D eigenvalue weighted by atomic mass is 9.86. The Morgan fingerprint density at radius 1 is 1.38 bits per heavy atom. The van der Waals surface area contributed by atoms with Crippen molar-refractivity contribution in [1.82, 2.24) is 10.3 Å². The maximum Gasteiger partial charge on any atom is 0.223 e. The van der Waals surface area contributed by atoms with Gasteiger partial charge >= 0.3 is 0 Å². The van der Waals surface area contributed by atoms with Crippen LogP contribution in [-0.2, 0) is 16.0 Å². The van der Waals surface area contributed by atoms with E-state index in [4.69, 9.17) is 4.74 Å². The molecule has 130 valence electrons. The summed E-state index contributed by atoms with van der Waals surface area (Å²) in [6, 6.07) is 2.08. The standard InChI is InChI=1S/C18H24N2O2S2/c1-12-10-24-18(19-12)16(9-13-7-8-23-11-13)20-17(21)14-3-5-15(22-2)6-4-14/h7-8,10-11,14-16H,3-6,9H2,1-2H3,(H,20,21). The second kappa shape index (κ2) is 8.23. The molecule has 1 saturated carbocycles. The van der Waals surface area contributed by atoms with Gasteiger partial charge in [0.25, 0.3) is 0 Å². The fourth-order valence-corrected chi connectivity index (χ4v) is 4.76. The van der Waals surface area contributed by atoms with Crippen molar-refractivity contribution in [1.29, 1.82) is 0 Å². The Bertz CT molecular complexity index is 646. The topological polar surface area (TPSA) is 51.2 Å². The molecule has 1 N–H and O–H groups in total. The van der Waals surface area contributed by atoms with Crippen molar-refractivity contribution in [3.05, 3.63) is 38.5 Å². The minimum Gasteiger partial charge on any atom is -0.381 e. The molecule has 4 nitrogen and oxygen atoms in total. The van der Waals surface area contributed by atoms with E-state index in [1.165, 1.54) is 5.56 Å². The zero-order valence-corrected chi connectivity index (χ0v) is 15.8. The molecule has 0 radical (unpaired) electrons. The smallest absolute Gasteiger partial charge is 0.223 e. The molecule has 6 heteroatoms. The van der Waals surface area contributed by atoms with Crippen molar-refractivity contribution < 1.29 is 9.53 Å². The number of hydrogen-bond acceptors (Lipinski definition) is 5. The van der Waals surface area contributed by atoms with Crippen LogP contribution in [-0.4, -0.2) is 24.1 Å². The molecule has 1 fully saturated rings. The summed E-state index contributed by atoms with van der Waals surface area (Å²) in [5.74, 6) is 0.264. The van der Waals surface area contributed by atoms with E-state index >= 15 is 0 Å². The molecule has 24 heavy (non-hydrogen) atoms. The van der Waals surface area contributed by atoms with Crippen LogP contribution in [0.25, 0.3) is 0 Å². The van der Waals surface area contributed by atoms with Crippen molar-refractivity contribution in [3.63, 3.8) is 0 Å². The van der Waals surface area contributed by atoms with Gasteiger partial charge in [-0.15, -0.1) is 11.3 Å². The average Bonchev–Trinajstić information content (AvgIpc) is 3.26. The number of amides is 1. The summed E-state index contributed by atoms with van der Waals surface area (Å²) >= 11 is 3.32. The SMILES string of the molecule is COC1CCC(C(=O)NC(Cc2ccsc2)c2nc(C)cs2)CC1. The Labute approximate surface area is 151 Å². The molecule has 2 heterocycles. The molecule has 1 amide bonds. The van der Waals surface area contributed by atoms with E-state index < -0.39 is 0 Å². The Morgan fingerprint density at radius 3 is 2.75 bits per heavy atom. The molecule has 0 spiro atoms. The summed E-state index contributed by atoms with van der Waals surface area (Å²) < 4.78 is 5.40. The highest BCUT2D eigenvalue weighted by molar-refractivity contribution is 7.09. The van der Waals surface area contributed by atoms with Crippen molar-refractivity contribution in [3.8, 4) is 0 Å². The summed E-state index contributed by atoms with van der Waals surface area (Å²) in [5.41, 5.74) is 2.27. The van der Waals surface area contributed by atoms with E-state index in [1.54, 1.807) is 29.8 Å². The maximum atomic E-state index is 12.7. The van der Waals surface area contributed by atoms with Gasteiger partial charge in [-0.25, -0.2) is 4.98 Å². The molecule has 3 rings (SSSR count). The van der Waals surface area contributed by atoms with Gasteiger partial charge in [-0.1, -0.05) is 0 Å². The zero-order valence-electron chi connectivity index (χ0n) is 14.2. The summed E-state index contributed by atoms with van der Waals surface area (Å²) in [5, 5.41) is 10.5. The predicted molar refractivity (Wildman–Crippen MR) is 98.5 cm³/mol. The number of aromatic nitrogens is 1. The minimum absolute atomic E-state index is 0.0362. The molecular formula is C18H24N2O2S2. The van der Waals surface area contributed by atoms with E-state index in [0.29, 0.717) is 6.10 Å². The largest absolute Gasteiger partial charge is 0.381 e. The fourth-order valence-electron chi connectivity index (χ4n) is 3.23. The fraction of sp³-hybridized carbons (Fsp3) is 0.556. The molecule has 0 bridgehead atoms. The van der Waals surface area contributed by atoms with E-state index in [-0.39, 0.29) is 17.9 Å². The highest BCUT2D eigenvalue weighted by Crippen LogP contribution is 2.28. The van der Waals surface area contributed by atoms with Gasteiger partial charge in [0.2, 0.25) is 5.91 Å². The number of rotatable bonds is 6. The molecule has 2 aromatic heterocycles. The van der Waals surface area contributed by atoms with Crippen molar-refractivity contribution >= 4 is 28.6 Å². The van der Waals surface area contributed by atoms with Crippen LogP contribution < -0.4 is 5.32 Å². The number of ether oxygens (including phenoxy) is 1. The van der Waals surface area contributed by atoms with Crippen LogP contribution in [0.1, 0.15) is 48.0 Å². The molecule has 1 unspecified atom stereocenters. The maximum absolute atomic E-state index is 12.7. The molecule has 2 aromatic rings. The first kappa shape index (κ1) is 17.6. The minimum atomic E-state index is -0.0362. The lowest BCUT2D eigenvalue weighted by Gasteiger charge is -2.28. The second-order valence-electron chi connectivity index (χ2n) is 6.43. The summed E-state index contributed by atoms with van der Waals surface area (Å²) in [4.78, 5) is 17.3. The molecule has 1 atom stereocenters. The van der Waals surface area contributed by atoms with Gasteiger partial charge in [-0.2, -0.15) is 11.3 Å². The Balaban J connectivity index is 1.66. The molecule has 0 aromatic carbocycles. The third-order valence-electron chi connectivity index (χ3n) is 4.65. The lowest BCUT2D eigenvalue weighted by Crippen LogP contribution is -2.37. The molecule has 1 aliphatic rings. The van der Waals surface area contributed by atoms with Crippen LogP contribution in [0.4, 0.5) is 0 Å². The number of nitrogens with one attached hydrogen (secondary N) is 1. The van der Waals surface area contributed by atoms with Crippen LogP contribution >= 0.6 is 22.7 Å². The summed E-state index contributed by atoms with van der Waals surface area (Å²) in [7, 11) is 1.76. The number of aryl methyl sites for hydroxylation is 1. The third kappa shape index (κ3) is 4.43. The third-order valence-corrected chi connectivity index (χ3v) is 6.46. The van der Waals surface area contributed by atoms with Gasteiger partial charge in [-0.05, 0) is 55.0 Å². The average molecular weight is 365 g/mol. The van der Waals surface area contributed by atoms with Gasteiger partial charge in [0.15, 0.2) is 0 Å². The van der Waals surface area contributed by atoms with Gasteiger partial charge in [0.05, 0.1) is 12.1 Å². The number of hydrogen-bond donors (Lipinski definition) is 1. The van der Waals surface area contributed by atoms with Gasteiger partial charge in [-0.3, -0.25) is 4.79 Å². The van der Waals surface area contributed by atoms with Gasteiger partial charge < -0.3 is 10.1 Å². The summed E-state index contributed by atoms with van der Waals surface area (Å²) in [6.45, 7) is 2.00. The number of thiophene rings is 1. The van der Waals surface area contributed by atoms with Gasteiger partial charge in [0, 0.05) is 30.5 Å². The van der Waals surface area contributed by atoms with Gasteiger partial charge in [0.1, 0.15) is 5.01 Å². The Morgan fingerprint density at radius 2 is 2.17 bits per heavy atom. The molecule has 0 aliphatic heterocycles. The van der Waals surface area contributed by atoms with Crippen molar-refractivity contribution in [2.75, 3.05) is 7.11 Å². The molecule has 1 aliphatic carbocycles. The van der Waals surface area contributed by atoms with Crippen LogP contribution in [0.2, 0.25) is 0 Å². The molecular weight excluding hydrogens is 340 g/mol. The highest BCUT2D eigenvalue weighted by Gasteiger charge is 2.28.